The van der Waals surface area contributed by atoms with Crippen molar-refractivity contribution in [3.05, 3.63) is 35.4 Å². The monoisotopic (exact) mass is 332 g/mol. The van der Waals surface area contributed by atoms with Gasteiger partial charge < -0.3 is 9.47 Å². The van der Waals surface area contributed by atoms with E-state index in [-0.39, 0.29) is 25.0 Å². The van der Waals surface area contributed by atoms with Gasteiger partial charge in [0.2, 0.25) is 5.78 Å². The molecule has 0 aliphatic rings. The Morgan fingerprint density at radius 1 is 1.09 bits per heavy atom. The Morgan fingerprint density at radius 2 is 1.78 bits per heavy atom. The lowest BCUT2D eigenvalue weighted by Crippen LogP contribution is -2.19. The van der Waals surface area contributed by atoms with Crippen molar-refractivity contribution >= 4 is 17.7 Å². The zero-order chi connectivity index (χ0) is 17.5. The Hall–Kier alpha value is -2.38. The average molecular weight is 332 g/mol. The third kappa shape index (κ3) is 6.50. The summed E-state index contributed by atoms with van der Waals surface area (Å²) in [6.07, 6.45) is -5.14. The van der Waals surface area contributed by atoms with Crippen LogP contribution in [0.1, 0.15) is 30.9 Å². The molecule has 0 amide bonds. The van der Waals surface area contributed by atoms with Crippen LogP contribution in [0, 0.1) is 0 Å². The van der Waals surface area contributed by atoms with Gasteiger partial charge in [0.15, 0.2) is 0 Å². The van der Waals surface area contributed by atoms with Crippen molar-refractivity contribution in [2.75, 3.05) is 6.61 Å². The number of benzene rings is 1. The molecule has 0 radical (unpaired) electrons. The van der Waals surface area contributed by atoms with E-state index in [1.54, 1.807) is 6.92 Å². The fourth-order valence-electron chi connectivity index (χ4n) is 1.62. The summed E-state index contributed by atoms with van der Waals surface area (Å²) in [7, 11) is 0. The molecule has 8 heteroatoms. The molecule has 0 fully saturated rings. The highest BCUT2D eigenvalue weighted by Gasteiger charge is 2.30. The largest absolute Gasteiger partial charge is 0.466 e. The zero-order valence-corrected chi connectivity index (χ0v) is 12.3. The normalized spacial score (nSPS) is 11.0. The van der Waals surface area contributed by atoms with Gasteiger partial charge in [0.05, 0.1) is 18.6 Å². The van der Waals surface area contributed by atoms with Crippen LogP contribution < -0.4 is 0 Å². The molecule has 126 valence electrons. The van der Waals surface area contributed by atoms with Crippen molar-refractivity contribution in [3.63, 3.8) is 0 Å². The average Bonchev–Trinajstić information content (AvgIpc) is 2.50. The van der Waals surface area contributed by atoms with Gasteiger partial charge in [0.1, 0.15) is 6.61 Å². The molecule has 0 aliphatic carbocycles. The first-order valence-electron chi connectivity index (χ1n) is 6.75. The highest BCUT2D eigenvalue weighted by atomic mass is 19.4. The molecule has 1 aromatic rings. The van der Waals surface area contributed by atoms with E-state index >= 15 is 0 Å². The molecule has 0 atom stereocenters. The Balaban J connectivity index is 2.50. The van der Waals surface area contributed by atoms with E-state index < -0.39 is 36.1 Å². The molecular weight excluding hydrogens is 317 g/mol. The molecule has 0 bridgehead atoms. The minimum absolute atomic E-state index is 0.103. The molecule has 5 nitrogen and oxygen atoms in total. The number of halogens is 3. The van der Waals surface area contributed by atoms with E-state index in [9.17, 15) is 27.6 Å². The second-order valence-corrected chi connectivity index (χ2v) is 4.50. The molecule has 23 heavy (non-hydrogen) atoms. The summed E-state index contributed by atoms with van der Waals surface area (Å²) in [5.41, 5.74) is -0.772. The van der Waals surface area contributed by atoms with Crippen LogP contribution in [0.5, 0.6) is 0 Å². The molecule has 1 rings (SSSR count). The lowest BCUT2D eigenvalue weighted by molar-refractivity contribution is -0.155. The Kier molecular flexibility index (Phi) is 6.74. The predicted octanol–water partition coefficient (Wildman–Crippen LogP) is 2.66. The van der Waals surface area contributed by atoms with Gasteiger partial charge in [0, 0.05) is 6.42 Å². The Labute approximate surface area is 130 Å². The molecular formula is C15H15F3O5. The maximum Gasteiger partial charge on any atom is 0.416 e. The number of hydrogen-bond donors (Lipinski definition) is 0. The van der Waals surface area contributed by atoms with E-state index in [4.69, 9.17) is 0 Å². The fraction of sp³-hybridized carbons (Fsp3) is 0.400. The Bertz CT molecular complexity index is 581. The highest BCUT2D eigenvalue weighted by molar-refractivity contribution is 6.33. The van der Waals surface area contributed by atoms with Crippen molar-refractivity contribution in [1.82, 2.24) is 0 Å². The maximum absolute atomic E-state index is 12.5. The minimum Gasteiger partial charge on any atom is -0.466 e. The molecule has 1 aromatic carbocycles. The highest BCUT2D eigenvalue weighted by Crippen LogP contribution is 2.29. The van der Waals surface area contributed by atoms with Crippen LogP contribution in [0.25, 0.3) is 0 Å². The second-order valence-electron chi connectivity index (χ2n) is 4.50. The van der Waals surface area contributed by atoms with Crippen molar-refractivity contribution in [2.24, 2.45) is 0 Å². The summed E-state index contributed by atoms with van der Waals surface area (Å²) in [5, 5.41) is 0. The van der Waals surface area contributed by atoms with Crippen LogP contribution in [0.4, 0.5) is 13.2 Å². The number of ether oxygens (including phenoxy) is 2. The number of carbonyl (C=O) groups is 3. The number of carbonyl (C=O) groups excluding carboxylic acids is 3. The smallest absolute Gasteiger partial charge is 0.416 e. The molecule has 0 N–H and O–H groups in total. The molecule has 0 saturated heterocycles. The molecule has 0 aromatic heterocycles. The Morgan fingerprint density at radius 3 is 2.39 bits per heavy atom. The molecule has 0 heterocycles. The first-order chi connectivity index (χ1) is 10.7. The van der Waals surface area contributed by atoms with Gasteiger partial charge in [0.25, 0.3) is 0 Å². The van der Waals surface area contributed by atoms with Crippen LogP contribution in [0.2, 0.25) is 0 Å². The minimum atomic E-state index is -4.50. The van der Waals surface area contributed by atoms with Crippen LogP contribution in [-0.2, 0) is 36.6 Å². The molecule has 0 unspecified atom stereocenters. The van der Waals surface area contributed by atoms with Crippen molar-refractivity contribution in [2.45, 2.75) is 32.5 Å². The van der Waals surface area contributed by atoms with E-state index in [2.05, 4.69) is 9.47 Å². The summed E-state index contributed by atoms with van der Waals surface area (Å²) in [6, 6.07) is 4.23. The summed E-state index contributed by atoms with van der Waals surface area (Å²) in [5.74, 6) is -2.76. The summed E-state index contributed by atoms with van der Waals surface area (Å²) in [4.78, 5) is 33.9. The first kappa shape index (κ1) is 18.7. The first-order valence-corrected chi connectivity index (χ1v) is 6.75. The SMILES string of the molecule is CCOC(=O)CCC(=O)C(=O)OCc1cccc(C(F)(F)F)c1. The number of esters is 2. The lowest BCUT2D eigenvalue weighted by atomic mass is 10.1. The standard InChI is InChI=1S/C15H15F3O5/c1-2-22-13(20)7-6-12(19)14(21)23-9-10-4-3-5-11(8-10)15(16,17)18/h3-5,8H,2,6-7,9H2,1H3. The maximum atomic E-state index is 12.5. The third-order valence-electron chi connectivity index (χ3n) is 2.71. The topological polar surface area (TPSA) is 69.7 Å². The van der Waals surface area contributed by atoms with Crippen LogP contribution >= 0.6 is 0 Å². The van der Waals surface area contributed by atoms with E-state index in [0.29, 0.717) is 0 Å². The molecule has 0 spiro atoms. The van der Waals surface area contributed by atoms with Crippen molar-refractivity contribution in [3.8, 4) is 0 Å². The van der Waals surface area contributed by atoms with Gasteiger partial charge in [-0.2, -0.15) is 13.2 Å². The van der Waals surface area contributed by atoms with E-state index in [1.807, 2.05) is 0 Å². The van der Waals surface area contributed by atoms with Gasteiger partial charge in [-0.15, -0.1) is 0 Å². The van der Waals surface area contributed by atoms with Gasteiger partial charge in [-0.1, -0.05) is 12.1 Å². The number of ketones is 1. The lowest BCUT2D eigenvalue weighted by Gasteiger charge is -2.09. The predicted molar refractivity (Wildman–Crippen MR) is 72.1 cm³/mol. The van der Waals surface area contributed by atoms with Crippen LogP contribution in [-0.4, -0.2) is 24.3 Å². The van der Waals surface area contributed by atoms with Gasteiger partial charge in [-0.05, 0) is 24.6 Å². The molecule has 0 aliphatic heterocycles. The number of alkyl halides is 3. The van der Waals surface area contributed by atoms with Crippen molar-refractivity contribution in [1.29, 1.82) is 0 Å². The van der Waals surface area contributed by atoms with Gasteiger partial charge >= 0.3 is 18.1 Å². The fourth-order valence-corrected chi connectivity index (χ4v) is 1.62. The van der Waals surface area contributed by atoms with E-state index in [1.165, 1.54) is 12.1 Å². The number of rotatable bonds is 7. The summed E-state index contributed by atoms with van der Waals surface area (Å²) < 4.78 is 46.8. The van der Waals surface area contributed by atoms with E-state index in [0.717, 1.165) is 12.1 Å². The van der Waals surface area contributed by atoms with Crippen LogP contribution in [0.3, 0.4) is 0 Å². The molecule has 0 saturated carbocycles. The van der Waals surface area contributed by atoms with Gasteiger partial charge in [-0.25, -0.2) is 4.79 Å². The summed E-state index contributed by atoms with van der Waals surface area (Å²) >= 11 is 0. The van der Waals surface area contributed by atoms with Crippen molar-refractivity contribution < 1.29 is 37.0 Å². The quantitative estimate of drug-likeness (QED) is 0.567. The second kappa shape index (κ2) is 8.30. The number of hydrogen-bond acceptors (Lipinski definition) is 5. The summed E-state index contributed by atoms with van der Waals surface area (Å²) in [6.45, 7) is 1.30. The zero-order valence-electron chi connectivity index (χ0n) is 12.3. The van der Waals surface area contributed by atoms with Gasteiger partial charge in [-0.3, -0.25) is 9.59 Å². The third-order valence-corrected chi connectivity index (χ3v) is 2.71. The van der Waals surface area contributed by atoms with Crippen LogP contribution in [0.15, 0.2) is 24.3 Å². The number of Topliss-reactive ketones (excluding diaryl/α,β-unsaturated/α-hetero) is 1.